The summed E-state index contributed by atoms with van der Waals surface area (Å²) < 4.78 is 0. The third-order valence-corrected chi connectivity index (χ3v) is 3.57. The molecule has 2 unspecified atom stereocenters. The Labute approximate surface area is 114 Å². The number of fused-ring (bicyclic) bond motifs is 1. The topological polar surface area (TPSA) is 40.5 Å². The van der Waals surface area contributed by atoms with Crippen molar-refractivity contribution in [3.8, 4) is 0 Å². The van der Waals surface area contributed by atoms with E-state index in [1.807, 2.05) is 18.2 Å². The van der Waals surface area contributed by atoms with Gasteiger partial charge in [0.25, 0.3) is 0 Å². The van der Waals surface area contributed by atoms with Crippen molar-refractivity contribution in [3.63, 3.8) is 0 Å². The maximum atomic E-state index is 9.46. The normalized spacial score (nSPS) is 26.5. The second kappa shape index (κ2) is 7.27. The summed E-state index contributed by atoms with van der Waals surface area (Å²) in [5, 5.41) is 18.9. The van der Waals surface area contributed by atoms with Crippen LogP contribution in [0.15, 0.2) is 18.2 Å². The second-order valence-electron chi connectivity index (χ2n) is 4.81. The first kappa shape index (κ1) is 14.8. The summed E-state index contributed by atoms with van der Waals surface area (Å²) in [5.41, 5.74) is 1.81. The molecule has 0 bridgehead atoms. The molecule has 1 radical (unpaired) electrons. The van der Waals surface area contributed by atoms with Crippen LogP contribution in [0.5, 0.6) is 0 Å². The fourth-order valence-corrected chi connectivity index (χ4v) is 2.57. The monoisotopic (exact) mass is 277 g/mol. The first-order valence-corrected chi connectivity index (χ1v) is 6.40. The fraction of sp³-hybridized carbons (Fsp3) is 0.643. The zero-order chi connectivity index (χ0) is 11.4. The Morgan fingerprint density at radius 2 is 1.47 bits per heavy atom. The van der Waals surface area contributed by atoms with E-state index in [1.165, 1.54) is 32.1 Å². The summed E-state index contributed by atoms with van der Waals surface area (Å²) in [6.07, 6.45) is 8.14. The van der Waals surface area contributed by atoms with E-state index in [0.29, 0.717) is 12.8 Å². The van der Waals surface area contributed by atoms with Crippen LogP contribution in [-0.2, 0) is 17.1 Å². The molecular weight excluding hydrogens is 256 g/mol. The van der Waals surface area contributed by atoms with Gasteiger partial charge >= 0.3 is 17.1 Å². The first-order valence-electron chi connectivity index (χ1n) is 6.40. The average molecular weight is 277 g/mol. The molecule has 0 saturated heterocycles. The van der Waals surface area contributed by atoms with Crippen LogP contribution in [0.1, 0.15) is 68.3 Å². The van der Waals surface area contributed by atoms with Crippen molar-refractivity contribution in [2.75, 3.05) is 0 Å². The van der Waals surface area contributed by atoms with Crippen molar-refractivity contribution < 1.29 is 27.3 Å². The van der Waals surface area contributed by atoms with E-state index in [4.69, 9.17) is 0 Å². The zero-order valence-electron chi connectivity index (χ0n) is 10.1. The third-order valence-electron chi connectivity index (χ3n) is 3.57. The Kier molecular flexibility index (Phi) is 6.35. The van der Waals surface area contributed by atoms with Crippen LogP contribution in [0.2, 0.25) is 0 Å². The van der Waals surface area contributed by atoms with Crippen molar-refractivity contribution in [2.24, 2.45) is 0 Å². The summed E-state index contributed by atoms with van der Waals surface area (Å²) in [6.45, 7) is 0. The van der Waals surface area contributed by atoms with Gasteiger partial charge in [-0.2, -0.15) is 17.7 Å². The first-order chi connectivity index (χ1) is 7.79. The molecule has 2 aliphatic carbocycles. The summed E-state index contributed by atoms with van der Waals surface area (Å²) >= 11 is 0. The van der Waals surface area contributed by atoms with E-state index in [1.54, 1.807) is 0 Å². The van der Waals surface area contributed by atoms with Gasteiger partial charge in [-0.05, 0) is 12.8 Å². The van der Waals surface area contributed by atoms with Crippen LogP contribution in [0.3, 0.4) is 0 Å². The minimum Gasteiger partial charge on any atom is -0.402 e. The molecule has 2 atom stereocenters. The molecule has 1 aromatic rings. The molecule has 2 N–H and O–H groups in total. The second-order valence-corrected chi connectivity index (χ2v) is 4.81. The van der Waals surface area contributed by atoms with Gasteiger partial charge in [0.15, 0.2) is 0 Å². The molecule has 1 saturated carbocycles. The van der Waals surface area contributed by atoms with Gasteiger partial charge in [-0.25, -0.2) is 6.07 Å². The van der Waals surface area contributed by atoms with Gasteiger partial charge in [0.2, 0.25) is 0 Å². The van der Waals surface area contributed by atoms with E-state index in [-0.39, 0.29) is 29.3 Å². The molecule has 0 aromatic heterocycles. The van der Waals surface area contributed by atoms with Crippen LogP contribution in [0, 0.1) is 0 Å². The number of aliphatic hydroxyl groups is 2. The molecule has 17 heavy (non-hydrogen) atoms. The smallest absolute Gasteiger partial charge is 0.402 e. The molecule has 0 heterocycles. The van der Waals surface area contributed by atoms with E-state index in [0.717, 1.165) is 11.1 Å². The van der Waals surface area contributed by atoms with Crippen molar-refractivity contribution >= 4 is 0 Å². The van der Waals surface area contributed by atoms with Crippen LogP contribution in [0.4, 0.5) is 0 Å². The average Bonchev–Trinajstić information content (AvgIpc) is 2.94. The Balaban J connectivity index is 0.000000205. The predicted molar refractivity (Wildman–Crippen MR) is 64.3 cm³/mol. The van der Waals surface area contributed by atoms with Gasteiger partial charge in [-0.1, -0.05) is 32.1 Å². The molecule has 3 heteroatoms. The Hall–Kier alpha value is -0.211. The van der Waals surface area contributed by atoms with E-state index in [2.05, 4.69) is 0 Å². The molecule has 1 aromatic carbocycles. The molecule has 0 aliphatic heterocycles. The van der Waals surface area contributed by atoms with Crippen molar-refractivity contribution in [3.05, 3.63) is 29.3 Å². The Morgan fingerprint density at radius 1 is 0.941 bits per heavy atom. The van der Waals surface area contributed by atoms with E-state index >= 15 is 0 Å². The summed E-state index contributed by atoms with van der Waals surface area (Å²) in [6, 6.07) is 5.63. The standard InChI is InChI=1S/C9H11O2.C5H10.Fe/c10-8-4-5-9(11)7-3-1-2-6(7)8;1-2-4-5-3-1;/h1-3,8-11H,4-5H2;1-5H2;/q-1;;+5. The van der Waals surface area contributed by atoms with Gasteiger partial charge in [-0.3, -0.25) is 0 Å². The molecule has 0 spiro atoms. The van der Waals surface area contributed by atoms with E-state index in [9.17, 15) is 10.2 Å². The van der Waals surface area contributed by atoms with Crippen LogP contribution in [0.25, 0.3) is 0 Å². The van der Waals surface area contributed by atoms with Crippen molar-refractivity contribution in [1.82, 2.24) is 0 Å². The maximum Gasteiger partial charge on any atom is 5.00 e. The van der Waals surface area contributed by atoms with Gasteiger partial charge < -0.3 is 10.2 Å². The minimum absolute atomic E-state index is 0. The molecule has 0 amide bonds. The molecule has 3 rings (SSSR count). The predicted octanol–water partition coefficient (Wildman–Crippen LogP) is 3.21. The SMILES string of the molecule is C1CCCC1.OC1CCC(O)c2[cH-]ccc21.[Fe+5]. The summed E-state index contributed by atoms with van der Waals surface area (Å²) in [7, 11) is 0. The van der Waals surface area contributed by atoms with Gasteiger partial charge in [0, 0.05) is 6.10 Å². The molecular formula is C14H21FeO2+4. The summed E-state index contributed by atoms with van der Waals surface area (Å²) in [4.78, 5) is 0. The molecule has 1 fully saturated rings. The number of aliphatic hydroxyl groups excluding tert-OH is 2. The fourth-order valence-electron chi connectivity index (χ4n) is 2.57. The molecule has 93 valence electrons. The number of hydrogen-bond acceptors (Lipinski definition) is 2. The van der Waals surface area contributed by atoms with Crippen molar-refractivity contribution in [2.45, 2.75) is 57.2 Å². The Morgan fingerprint density at radius 3 is 2.00 bits per heavy atom. The Bertz CT molecular complexity index is 286. The summed E-state index contributed by atoms with van der Waals surface area (Å²) in [5.74, 6) is 0. The maximum absolute atomic E-state index is 9.46. The van der Waals surface area contributed by atoms with E-state index < -0.39 is 0 Å². The zero-order valence-corrected chi connectivity index (χ0v) is 11.2. The van der Waals surface area contributed by atoms with Gasteiger partial charge in [0.05, 0.1) is 6.10 Å². The number of rotatable bonds is 0. The van der Waals surface area contributed by atoms with Crippen LogP contribution in [-0.4, -0.2) is 10.2 Å². The van der Waals surface area contributed by atoms with Gasteiger partial charge in [-0.15, -0.1) is 5.56 Å². The van der Waals surface area contributed by atoms with Gasteiger partial charge in [0.1, 0.15) is 0 Å². The minimum atomic E-state index is -0.358. The van der Waals surface area contributed by atoms with Crippen LogP contribution < -0.4 is 0 Å². The largest absolute Gasteiger partial charge is 5.00 e. The number of hydrogen-bond donors (Lipinski definition) is 2. The van der Waals surface area contributed by atoms with Crippen LogP contribution >= 0.6 is 0 Å². The van der Waals surface area contributed by atoms with Crippen molar-refractivity contribution in [1.29, 1.82) is 0 Å². The quantitative estimate of drug-likeness (QED) is 0.564. The third kappa shape index (κ3) is 3.89. The molecule has 2 aliphatic rings. The molecule has 2 nitrogen and oxygen atoms in total.